The fourth-order valence-electron chi connectivity index (χ4n) is 4.53. The number of hydrogen-bond donors (Lipinski definition) is 1. The summed E-state index contributed by atoms with van der Waals surface area (Å²) in [6.07, 6.45) is 4.88. The number of nitrogens with one attached hydrogen (secondary N) is 1. The van der Waals surface area contributed by atoms with Crippen molar-refractivity contribution in [3.63, 3.8) is 0 Å². The second-order valence-corrected chi connectivity index (χ2v) is 8.87. The Morgan fingerprint density at radius 2 is 1.97 bits per heavy atom. The number of hydrogen-bond acceptors (Lipinski definition) is 4. The molecule has 2 saturated heterocycles. The number of fused-ring (bicyclic) bond motifs is 1. The van der Waals surface area contributed by atoms with Gasteiger partial charge in [-0.05, 0) is 43.0 Å². The van der Waals surface area contributed by atoms with Gasteiger partial charge in [-0.1, -0.05) is 0 Å². The van der Waals surface area contributed by atoms with Gasteiger partial charge in [-0.2, -0.15) is 0 Å². The van der Waals surface area contributed by atoms with Gasteiger partial charge in [-0.15, -0.1) is 0 Å². The molecule has 0 spiro atoms. The zero-order valence-corrected chi connectivity index (χ0v) is 17.4. The van der Waals surface area contributed by atoms with Crippen LogP contribution in [-0.4, -0.2) is 72.1 Å². The molecule has 1 N–H and O–H groups in total. The van der Waals surface area contributed by atoms with Gasteiger partial charge in [0.05, 0.1) is 19.1 Å². The van der Waals surface area contributed by atoms with E-state index in [1.807, 2.05) is 17.0 Å². The minimum atomic E-state index is -0.245. The van der Waals surface area contributed by atoms with Crippen LogP contribution in [0.5, 0.6) is 0 Å². The molecule has 2 aliphatic heterocycles. The number of carbonyl (C=O) groups is 2. The predicted octanol–water partition coefficient (Wildman–Crippen LogP) is 2.17. The third kappa shape index (κ3) is 4.37. The molecule has 0 unspecified atom stereocenters. The van der Waals surface area contributed by atoms with Crippen LogP contribution in [0.2, 0.25) is 0 Å². The van der Waals surface area contributed by atoms with Gasteiger partial charge in [0.1, 0.15) is 0 Å². The summed E-state index contributed by atoms with van der Waals surface area (Å²) in [7, 11) is 0. The van der Waals surface area contributed by atoms with Gasteiger partial charge in [0, 0.05) is 68.5 Å². The van der Waals surface area contributed by atoms with Crippen LogP contribution < -0.4 is 5.32 Å². The quantitative estimate of drug-likeness (QED) is 0.760. The minimum absolute atomic E-state index is 0.0484. The van der Waals surface area contributed by atoms with E-state index < -0.39 is 0 Å². The third-order valence-electron chi connectivity index (χ3n) is 6.56. The number of likely N-dealkylation sites (tertiary alicyclic amines) is 1. The number of carbonyl (C=O) groups excluding carboxylic acids is 2. The Morgan fingerprint density at radius 3 is 2.77 bits per heavy atom. The molecule has 30 heavy (non-hydrogen) atoms. The summed E-state index contributed by atoms with van der Waals surface area (Å²) in [6.45, 7) is 6.97. The number of morpholine rings is 1. The molecule has 3 heterocycles. The van der Waals surface area contributed by atoms with Crippen molar-refractivity contribution in [2.45, 2.75) is 25.8 Å². The molecule has 7 heteroatoms. The molecule has 1 saturated carbocycles. The lowest BCUT2D eigenvalue weighted by molar-refractivity contribution is -0.128. The Balaban J connectivity index is 1.19. The number of ether oxygens (including phenoxy) is 1. The number of amides is 2. The summed E-state index contributed by atoms with van der Waals surface area (Å²) < 4.78 is 7.68. The molecular formula is C23H30N4O3. The topological polar surface area (TPSA) is 66.8 Å². The van der Waals surface area contributed by atoms with E-state index >= 15 is 0 Å². The molecule has 5 rings (SSSR count). The van der Waals surface area contributed by atoms with Gasteiger partial charge >= 0.3 is 0 Å². The average molecular weight is 411 g/mol. The maximum absolute atomic E-state index is 12.7. The van der Waals surface area contributed by atoms with Crippen molar-refractivity contribution in [2.24, 2.45) is 11.8 Å². The van der Waals surface area contributed by atoms with Crippen molar-refractivity contribution >= 4 is 28.4 Å². The van der Waals surface area contributed by atoms with E-state index in [9.17, 15) is 9.59 Å². The first kappa shape index (κ1) is 19.6. The number of benzene rings is 1. The predicted molar refractivity (Wildman–Crippen MR) is 115 cm³/mol. The van der Waals surface area contributed by atoms with Crippen LogP contribution in [-0.2, 0) is 20.9 Å². The van der Waals surface area contributed by atoms with E-state index in [2.05, 4.69) is 33.1 Å². The largest absolute Gasteiger partial charge is 0.379 e. The number of nitrogens with zero attached hydrogens (tertiary/aromatic N) is 3. The highest BCUT2D eigenvalue weighted by Crippen LogP contribution is 2.32. The van der Waals surface area contributed by atoms with E-state index in [1.54, 1.807) is 0 Å². The normalized spacial score (nSPS) is 22.7. The molecule has 0 bridgehead atoms. The zero-order chi connectivity index (χ0) is 20.5. The second-order valence-electron chi connectivity index (χ2n) is 8.87. The van der Waals surface area contributed by atoms with Crippen LogP contribution in [0.15, 0.2) is 30.5 Å². The molecule has 3 fully saturated rings. The fraction of sp³-hybridized carbons (Fsp3) is 0.565. The first-order valence-electron chi connectivity index (χ1n) is 11.1. The van der Waals surface area contributed by atoms with Gasteiger partial charge in [0.2, 0.25) is 11.8 Å². The molecule has 1 atom stereocenters. The zero-order valence-electron chi connectivity index (χ0n) is 17.4. The Morgan fingerprint density at radius 1 is 1.13 bits per heavy atom. The van der Waals surface area contributed by atoms with E-state index in [-0.39, 0.29) is 17.7 Å². The highest BCUT2D eigenvalue weighted by molar-refractivity contribution is 5.98. The summed E-state index contributed by atoms with van der Waals surface area (Å²) in [5.41, 5.74) is 1.97. The SMILES string of the molecule is O=C(Nc1ccc2c(ccn2CCN2CCOCC2)c1)[C@H]1CC(=O)N(CC2CC2)C1. The molecule has 1 aromatic heterocycles. The van der Waals surface area contributed by atoms with Crippen LogP contribution in [0.4, 0.5) is 5.69 Å². The number of aromatic nitrogens is 1. The highest BCUT2D eigenvalue weighted by Gasteiger charge is 2.37. The van der Waals surface area contributed by atoms with E-state index in [1.165, 1.54) is 18.4 Å². The van der Waals surface area contributed by atoms with Gasteiger partial charge in [0.25, 0.3) is 0 Å². The first-order chi connectivity index (χ1) is 14.7. The average Bonchev–Trinajstić information content (AvgIpc) is 3.37. The second kappa shape index (κ2) is 8.40. The number of anilines is 1. The van der Waals surface area contributed by atoms with Crippen molar-refractivity contribution in [1.82, 2.24) is 14.4 Å². The summed E-state index contributed by atoms with van der Waals surface area (Å²) >= 11 is 0. The van der Waals surface area contributed by atoms with E-state index in [0.717, 1.165) is 57.0 Å². The van der Waals surface area contributed by atoms with Crippen LogP contribution in [0.25, 0.3) is 10.9 Å². The lowest BCUT2D eigenvalue weighted by Gasteiger charge is -2.26. The molecule has 160 valence electrons. The highest BCUT2D eigenvalue weighted by atomic mass is 16.5. The van der Waals surface area contributed by atoms with Crippen molar-refractivity contribution in [2.75, 3.05) is 51.3 Å². The summed E-state index contributed by atoms with van der Waals surface area (Å²) in [5, 5.41) is 4.15. The van der Waals surface area contributed by atoms with Crippen molar-refractivity contribution in [3.05, 3.63) is 30.5 Å². The summed E-state index contributed by atoms with van der Waals surface area (Å²) in [6, 6.07) is 8.16. The first-order valence-corrected chi connectivity index (χ1v) is 11.1. The molecule has 7 nitrogen and oxygen atoms in total. The maximum Gasteiger partial charge on any atom is 0.229 e. The maximum atomic E-state index is 12.7. The van der Waals surface area contributed by atoms with Crippen molar-refractivity contribution in [3.8, 4) is 0 Å². The van der Waals surface area contributed by atoms with Gasteiger partial charge in [0.15, 0.2) is 0 Å². The Kier molecular flexibility index (Phi) is 5.48. The molecule has 1 aliphatic carbocycles. The Bertz CT molecular complexity index is 930. The lowest BCUT2D eigenvalue weighted by Crippen LogP contribution is -2.38. The Labute approximate surface area is 176 Å². The lowest BCUT2D eigenvalue weighted by atomic mass is 10.1. The molecule has 1 aromatic carbocycles. The monoisotopic (exact) mass is 410 g/mol. The van der Waals surface area contributed by atoms with Crippen molar-refractivity contribution in [1.29, 1.82) is 0 Å². The summed E-state index contributed by atoms with van der Waals surface area (Å²) in [4.78, 5) is 29.2. The van der Waals surface area contributed by atoms with Crippen molar-refractivity contribution < 1.29 is 14.3 Å². The van der Waals surface area contributed by atoms with Crippen LogP contribution >= 0.6 is 0 Å². The molecule has 3 aliphatic rings. The number of rotatable bonds is 7. The molecule has 0 radical (unpaired) electrons. The van der Waals surface area contributed by atoms with E-state index in [4.69, 9.17) is 4.74 Å². The third-order valence-corrected chi connectivity index (χ3v) is 6.56. The van der Waals surface area contributed by atoms with Gasteiger partial charge in [-0.25, -0.2) is 0 Å². The van der Waals surface area contributed by atoms with Crippen LogP contribution in [0.1, 0.15) is 19.3 Å². The Hall–Kier alpha value is -2.38. The fourth-order valence-corrected chi connectivity index (χ4v) is 4.53. The summed E-state index contributed by atoms with van der Waals surface area (Å²) in [5.74, 6) is 0.484. The smallest absolute Gasteiger partial charge is 0.229 e. The van der Waals surface area contributed by atoms with Crippen LogP contribution in [0.3, 0.4) is 0 Å². The molecular weight excluding hydrogens is 380 g/mol. The van der Waals surface area contributed by atoms with Gasteiger partial charge in [-0.3, -0.25) is 14.5 Å². The molecule has 2 amide bonds. The van der Waals surface area contributed by atoms with Crippen LogP contribution in [0, 0.1) is 11.8 Å². The minimum Gasteiger partial charge on any atom is -0.379 e. The molecule has 2 aromatic rings. The van der Waals surface area contributed by atoms with Gasteiger partial charge < -0.3 is 19.5 Å². The standard InChI is InChI=1S/C23H30N4O3/c28-22-14-19(16-27(22)15-17-1-2-17)23(29)24-20-3-4-21-18(13-20)5-6-26(21)8-7-25-9-11-30-12-10-25/h3-6,13,17,19H,1-2,7-12,14-16H2,(H,24,29)/t19-/m0/s1. The van der Waals surface area contributed by atoms with E-state index in [0.29, 0.717) is 18.9 Å².